The molecule has 1 heterocycles. The summed E-state index contributed by atoms with van der Waals surface area (Å²) in [6.45, 7) is 3.06. The maximum absolute atomic E-state index is 12.1. The van der Waals surface area contributed by atoms with Crippen molar-refractivity contribution in [2.24, 2.45) is 0 Å². The van der Waals surface area contributed by atoms with Crippen LogP contribution in [0.5, 0.6) is 0 Å². The lowest BCUT2D eigenvalue weighted by atomic mass is 10.2. The van der Waals surface area contributed by atoms with E-state index >= 15 is 0 Å². The summed E-state index contributed by atoms with van der Waals surface area (Å²) < 4.78 is 4.08. The number of nitrogens with one attached hydrogen (secondary N) is 2. The van der Waals surface area contributed by atoms with Crippen LogP contribution in [0.1, 0.15) is 55.8 Å². The Balaban J connectivity index is 1.87. The molecule has 0 spiro atoms. The third-order valence-corrected chi connectivity index (χ3v) is 3.99. The van der Waals surface area contributed by atoms with E-state index in [1.54, 1.807) is 0 Å². The van der Waals surface area contributed by atoms with Crippen molar-refractivity contribution in [1.82, 2.24) is 9.69 Å². The Hall–Kier alpha value is -1.30. The molecular weight excluding hydrogens is 260 g/mol. The molecule has 4 N–H and O–H groups in total. The number of carbonyl (C=O) groups excluding carboxylic acids is 1. The van der Waals surface area contributed by atoms with E-state index in [1.807, 2.05) is 0 Å². The van der Waals surface area contributed by atoms with Crippen molar-refractivity contribution >= 4 is 28.3 Å². The molecule has 0 unspecified atom stereocenters. The zero-order valence-electron chi connectivity index (χ0n) is 11.4. The summed E-state index contributed by atoms with van der Waals surface area (Å²) in [5, 5.41) is 7.04. The van der Waals surface area contributed by atoms with Crippen LogP contribution in [0.25, 0.3) is 0 Å². The van der Waals surface area contributed by atoms with Gasteiger partial charge in [0.25, 0.3) is 5.91 Å². The van der Waals surface area contributed by atoms with Crippen LogP contribution in [0, 0.1) is 0 Å². The van der Waals surface area contributed by atoms with E-state index in [-0.39, 0.29) is 5.91 Å². The molecule has 1 aromatic rings. The molecule has 106 valence electrons. The monoisotopic (exact) mass is 282 g/mol. The highest BCUT2D eigenvalue weighted by Gasteiger charge is 2.27. The summed E-state index contributed by atoms with van der Waals surface area (Å²) >= 11 is 1.27. The first-order valence-electron chi connectivity index (χ1n) is 7.02. The van der Waals surface area contributed by atoms with Gasteiger partial charge in [0.1, 0.15) is 10.6 Å². The van der Waals surface area contributed by atoms with Gasteiger partial charge < -0.3 is 16.4 Å². The van der Waals surface area contributed by atoms with Gasteiger partial charge >= 0.3 is 0 Å². The minimum Gasteiger partial charge on any atom is -0.382 e. The first-order chi connectivity index (χ1) is 9.22. The van der Waals surface area contributed by atoms with Gasteiger partial charge in [0.2, 0.25) is 0 Å². The molecule has 0 aliphatic heterocycles. The molecule has 0 saturated heterocycles. The summed E-state index contributed by atoms with van der Waals surface area (Å²) in [4.78, 5) is 12.1. The van der Waals surface area contributed by atoms with Crippen LogP contribution in [-0.2, 0) is 0 Å². The molecule has 1 aliphatic rings. The molecule has 0 bridgehead atoms. The quantitative estimate of drug-likeness (QED) is 0.640. The van der Waals surface area contributed by atoms with E-state index in [0.717, 1.165) is 30.8 Å². The number of nitrogens with two attached hydrogens (primary N) is 1. The van der Waals surface area contributed by atoms with Crippen LogP contribution in [0.4, 0.5) is 10.8 Å². The first kappa shape index (κ1) is 14.1. The lowest BCUT2D eigenvalue weighted by Gasteiger charge is -2.07. The molecule has 0 radical (unpaired) electrons. The van der Waals surface area contributed by atoms with Crippen LogP contribution >= 0.6 is 11.5 Å². The van der Waals surface area contributed by atoms with Crippen LogP contribution < -0.4 is 16.4 Å². The number of hydrogen-bond acceptors (Lipinski definition) is 5. The predicted molar refractivity (Wildman–Crippen MR) is 79.6 cm³/mol. The zero-order chi connectivity index (χ0) is 13.7. The Bertz CT molecular complexity index is 428. The Kier molecular flexibility index (Phi) is 5.01. The fraction of sp³-hybridized carbons (Fsp3) is 0.692. The van der Waals surface area contributed by atoms with Crippen molar-refractivity contribution in [3.63, 3.8) is 0 Å². The number of nitrogen functional groups attached to an aromatic ring is 1. The summed E-state index contributed by atoms with van der Waals surface area (Å²) in [5.41, 5.74) is 6.31. The molecule has 0 aromatic carbocycles. The number of carbonyl (C=O) groups is 1. The van der Waals surface area contributed by atoms with Crippen molar-refractivity contribution in [3.05, 3.63) is 5.56 Å². The molecule has 0 atom stereocenters. The van der Waals surface area contributed by atoms with Gasteiger partial charge in [-0.1, -0.05) is 26.2 Å². The second kappa shape index (κ2) is 6.75. The van der Waals surface area contributed by atoms with E-state index < -0.39 is 0 Å². The minimum absolute atomic E-state index is 0.0928. The van der Waals surface area contributed by atoms with Gasteiger partial charge in [0.05, 0.1) is 0 Å². The standard InChI is InChI=1S/C13H22N4OS/c1-2-3-4-5-8-15-13-10(11(14)17-19-13)12(18)16-9-6-7-9/h9,15H,2-8H2,1H3,(H2,14,17)(H,16,18). The Morgan fingerprint density at radius 2 is 2.21 bits per heavy atom. The maximum Gasteiger partial charge on any atom is 0.258 e. The van der Waals surface area contributed by atoms with E-state index in [1.165, 1.54) is 30.8 Å². The van der Waals surface area contributed by atoms with Crippen molar-refractivity contribution in [2.45, 2.75) is 51.5 Å². The fourth-order valence-corrected chi connectivity index (χ4v) is 2.62. The average molecular weight is 282 g/mol. The summed E-state index contributed by atoms with van der Waals surface area (Å²) in [7, 11) is 0. The molecule has 2 rings (SSSR count). The molecule has 1 fully saturated rings. The van der Waals surface area contributed by atoms with Gasteiger partial charge in [-0.25, -0.2) is 0 Å². The second-order valence-electron chi connectivity index (χ2n) is 5.01. The van der Waals surface area contributed by atoms with E-state index in [2.05, 4.69) is 21.9 Å². The Morgan fingerprint density at radius 1 is 1.42 bits per heavy atom. The van der Waals surface area contributed by atoms with Gasteiger partial charge in [-0.2, -0.15) is 4.37 Å². The molecule has 1 saturated carbocycles. The largest absolute Gasteiger partial charge is 0.382 e. The molecule has 1 amide bonds. The van der Waals surface area contributed by atoms with Gasteiger partial charge in [0.15, 0.2) is 5.82 Å². The van der Waals surface area contributed by atoms with Crippen LogP contribution in [0.3, 0.4) is 0 Å². The lowest BCUT2D eigenvalue weighted by Crippen LogP contribution is -2.26. The van der Waals surface area contributed by atoms with E-state index in [4.69, 9.17) is 5.73 Å². The number of nitrogens with zero attached hydrogens (tertiary/aromatic N) is 1. The molecule has 1 aliphatic carbocycles. The predicted octanol–water partition coefficient (Wildman–Crippen LogP) is 2.61. The highest BCUT2D eigenvalue weighted by molar-refractivity contribution is 7.11. The molecule has 6 heteroatoms. The first-order valence-corrected chi connectivity index (χ1v) is 7.79. The molecular formula is C13H22N4OS. The minimum atomic E-state index is -0.0928. The topological polar surface area (TPSA) is 80.0 Å². The third kappa shape index (κ3) is 4.09. The fourth-order valence-electron chi connectivity index (χ4n) is 1.88. The highest BCUT2D eigenvalue weighted by Crippen LogP contribution is 2.28. The number of aromatic nitrogens is 1. The molecule has 5 nitrogen and oxygen atoms in total. The lowest BCUT2D eigenvalue weighted by molar-refractivity contribution is 0.0953. The van der Waals surface area contributed by atoms with Crippen LogP contribution in [0.2, 0.25) is 0 Å². The molecule has 19 heavy (non-hydrogen) atoms. The highest BCUT2D eigenvalue weighted by atomic mass is 32.1. The van der Waals surface area contributed by atoms with Crippen LogP contribution in [-0.4, -0.2) is 22.9 Å². The van der Waals surface area contributed by atoms with Crippen molar-refractivity contribution in [2.75, 3.05) is 17.6 Å². The van der Waals surface area contributed by atoms with Crippen molar-refractivity contribution in [3.8, 4) is 0 Å². The SMILES string of the molecule is CCCCCCNc1snc(N)c1C(=O)NC1CC1. The van der Waals surface area contributed by atoms with Gasteiger partial charge in [0, 0.05) is 12.6 Å². The van der Waals surface area contributed by atoms with Crippen molar-refractivity contribution < 1.29 is 4.79 Å². The van der Waals surface area contributed by atoms with Crippen LogP contribution in [0.15, 0.2) is 0 Å². The van der Waals surface area contributed by atoms with Gasteiger partial charge in [-0.15, -0.1) is 0 Å². The molecule has 1 aromatic heterocycles. The van der Waals surface area contributed by atoms with Crippen molar-refractivity contribution in [1.29, 1.82) is 0 Å². The summed E-state index contributed by atoms with van der Waals surface area (Å²) in [5.74, 6) is 0.240. The number of rotatable bonds is 8. The van der Waals surface area contributed by atoms with E-state index in [0.29, 0.717) is 17.4 Å². The number of unbranched alkanes of at least 4 members (excludes halogenated alkanes) is 3. The van der Waals surface area contributed by atoms with E-state index in [9.17, 15) is 4.79 Å². The maximum atomic E-state index is 12.1. The average Bonchev–Trinajstić information content (AvgIpc) is 3.11. The number of amides is 1. The Morgan fingerprint density at radius 3 is 2.89 bits per heavy atom. The third-order valence-electron chi connectivity index (χ3n) is 3.17. The van der Waals surface area contributed by atoms with Gasteiger partial charge in [-0.3, -0.25) is 4.79 Å². The summed E-state index contributed by atoms with van der Waals surface area (Å²) in [6, 6.07) is 0.337. The Labute approximate surface area is 118 Å². The normalized spacial score (nSPS) is 14.4. The number of anilines is 2. The number of hydrogen-bond donors (Lipinski definition) is 3. The second-order valence-corrected chi connectivity index (χ2v) is 5.78. The van der Waals surface area contributed by atoms with Gasteiger partial charge in [-0.05, 0) is 30.8 Å². The smallest absolute Gasteiger partial charge is 0.258 e. The zero-order valence-corrected chi connectivity index (χ0v) is 12.2. The summed E-state index contributed by atoms with van der Waals surface area (Å²) in [6.07, 6.45) is 6.94.